The van der Waals surface area contributed by atoms with E-state index in [0.29, 0.717) is 19.6 Å². The van der Waals surface area contributed by atoms with Crippen LogP contribution in [0.1, 0.15) is 29.5 Å². The van der Waals surface area contributed by atoms with Crippen LogP contribution in [0.25, 0.3) is 0 Å². The Balaban J connectivity index is 1.35. The lowest BCUT2D eigenvalue weighted by Gasteiger charge is -2.24. The molecule has 4 heteroatoms. The minimum Gasteiger partial charge on any atom is -0.489 e. The lowest BCUT2D eigenvalue weighted by Crippen LogP contribution is -2.46. The van der Waals surface area contributed by atoms with Gasteiger partial charge < -0.3 is 15.0 Å². The first-order chi connectivity index (χ1) is 15.3. The number of nitrogens with zero attached hydrogens (tertiary/aromatic N) is 1. The highest BCUT2D eigenvalue weighted by molar-refractivity contribution is 5.82. The fraction of sp³-hybridized carbons (Fsp3) is 0.296. The maximum Gasteiger partial charge on any atom is 0.240 e. The summed E-state index contributed by atoms with van der Waals surface area (Å²) in [6.07, 6.45) is 2.91. The number of likely N-dealkylation sites (tertiary alicyclic amines) is 1. The molecule has 1 amide bonds. The summed E-state index contributed by atoms with van der Waals surface area (Å²) in [5.41, 5.74) is 3.47. The quantitative estimate of drug-likeness (QED) is 0.557. The molecule has 1 fully saturated rings. The standard InChI is InChI=1S/C27H30N2O2/c30-27(29-17-7-8-18-29)26(19-22-9-3-1-4-10-22)28-20-23-13-15-25(16-14-23)31-21-24-11-5-2-6-12-24/h1-6,9-16,26,28H,7-8,17-21H2/t26-/m1/s1. The molecule has 1 N–H and O–H groups in total. The van der Waals surface area contributed by atoms with Crippen LogP contribution in [0.4, 0.5) is 0 Å². The van der Waals surface area contributed by atoms with Gasteiger partial charge in [0, 0.05) is 19.6 Å². The summed E-state index contributed by atoms with van der Waals surface area (Å²) in [6, 6.07) is 28.3. The normalized spacial score (nSPS) is 14.4. The van der Waals surface area contributed by atoms with Crippen molar-refractivity contribution in [2.45, 2.75) is 38.5 Å². The number of nitrogens with one attached hydrogen (secondary N) is 1. The molecule has 3 aromatic carbocycles. The number of ether oxygens (including phenoxy) is 1. The third-order valence-electron chi connectivity index (χ3n) is 5.72. The summed E-state index contributed by atoms with van der Waals surface area (Å²) in [5, 5.41) is 3.51. The molecule has 0 bridgehead atoms. The van der Waals surface area contributed by atoms with Gasteiger partial charge in [0.25, 0.3) is 0 Å². The van der Waals surface area contributed by atoms with Crippen LogP contribution in [-0.2, 0) is 24.4 Å². The second-order valence-corrected chi connectivity index (χ2v) is 8.07. The molecule has 160 valence electrons. The van der Waals surface area contributed by atoms with Gasteiger partial charge in [0.2, 0.25) is 5.91 Å². The first kappa shape index (κ1) is 21.1. The van der Waals surface area contributed by atoms with Crippen LogP contribution in [0.3, 0.4) is 0 Å². The number of amides is 1. The number of rotatable bonds is 9. The summed E-state index contributed by atoms with van der Waals surface area (Å²) in [6.45, 7) is 2.95. The third kappa shape index (κ3) is 6.19. The molecule has 1 saturated heterocycles. The second-order valence-electron chi connectivity index (χ2n) is 8.07. The SMILES string of the molecule is O=C([C@@H](Cc1ccccc1)NCc1ccc(OCc2ccccc2)cc1)N1CCCC1. The van der Waals surface area contributed by atoms with Crippen LogP contribution in [0.15, 0.2) is 84.9 Å². The van der Waals surface area contributed by atoms with Crippen molar-refractivity contribution in [1.82, 2.24) is 10.2 Å². The van der Waals surface area contributed by atoms with E-state index < -0.39 is 0 Å². The molecule has 1 aliphatic rings. The predicted octanol–water partition coefficient (Wildman–Crippen LogP) is 4.59. The highest BCUT2D eigenvalue weighted by Crippen LogP contribution is 2.16. The molecule has 0 spiro atoms. The van der Waals surface area contributed by atoms with E-state index in [4.69, 9.17) is 4.74 Å². The van der Waals surface area contributed by atoms with Gasteiger partial charge >= 0.3 is 0 Å². The maximum atomic E-state index is 13.1. The highest BCUT2D eigenvalue weighted by Gasteiger charge is 2.26. The first-order valence-electron chi connectivity index (χ1n) is 11.1. The van der Waals surface area contributed by atoms with Crippen molar-refractivity contribution in [3.8, 4) is 5.75 Å². The van der Waals surface area contributed by atoms with Crippen LogP contribution in [0, 0.1) is 0 Å². The van der Waals surface area contributed by atoms with Gasteiger partial charge in [-0.05, 0) is 48.1 Å². The van der Waals surface area contributed by atoms with Crippen LogP contribution < -0.4 is 10.1 Å². The molecule has 4 rings (SSSR count). The number of carbonyl (C=O) groups is 1. The Morgan fingerprint density at radius 1 is 0.806 bits per heavy atom. The molecular weight excluding hydrogens is 384 g/mol. The molecule has 0 aliphatic carbocycles. The number of hydrogen-bond donors (Lipinski definition) is 1. The predicted molar refractivity (Wildman–Crippen MR) is 124 cm³/mol. The lowest BCUT2D eigenvalue weighted by molar-refractivity contribution is -0.132. The van der Waals surface area contributed by atoms with E-state index >= 15 is 0 Å². The summed E-state index contributed by atoms with van der Waals surface area (Å²) in [5.74, 6) is 1.06. The fourth-order valence-electron chi connectivity index (χ4n) is 3.94. The molecular formula is C27H30N2O2. The Morgan fingerprint density at radius 3 is 2.06 bits per heavy atom. The molecule has 1 atom stereocenters. The van der Waals surface area contributed by atoms with Gasteiger partial charge in [-0.25, -0.2) is 0 Å². The van der Waals surface area contributed by atoms with E-state index in [-0.39, 0.29) is 11.9 Å². The van der Waals surface area contributed by atoms with Gasteiger partial charge in [-0.2, -0.15) is 0 Å². The van der Waals surface area contributed by atoms with E-state index in [1.54, 1.807) is 0 Å². The summed E-state index contributed by atoms with van der Waals surface area (Å²) in [7, 11) is 0. The molecule has 0 saturated carbocycles. The van der Waals surface area contributed by atoms with Crippen molar-refractivity contribution in [2.24, 2.45) is 0 Å². The van der Waals surface area contributed by atoms with Crippen LogP contribution in [0.2, 0.25) is 0 Å². The smallest absolute Gasteiger partial charge is 0.240 e. The van der Waals surface area contributed by atoms with E-state index in [9.17, 15) is 4.79 Å². The Morgan fingerprint density at radius 2 is 1.42 bits per heavy atom. The molecule has 3 aromatic rings. The van der Waals surface area contributed by atoms with Gasteiger partial charge in [-0.15, -0.1) is 0 Å². The van der Waals surface area contributed by atoms with Gasteiger partial charge in [-0.1, -0.05) is 72.8 Å². The van der Waals surface area contributed by atoms with Crippen molar-refractivity contribution in [3.05, 3.63) is 102 Å². The van der Waals surface area contributed by atoms with Crippen molar-refractivity contribution in [2.75, 3.05) is 13.1 Å². The van der Waals surface area contributed by atoms with Crippen molar-refractivity contribution < 1.29 is 9.53 Å². The summed E-state index contributed by atoms with van der Waals surface area (Å²) in [4.78, 5) is 15.1. The van der Waals surface area contributed by atoms with Gasteiger partial charge in [0.05, 0.1) is 6.04 Å². The number of hydrogen-bond acceptors (Lipinski definition) is 3. The lowest BCUT2D eigenvalue weighted by atomic mass is 10.0. The minimum atomic E-state index is -0.213. The maximum absolute atomic E-state index is 13.1. The third-order valence-corrected chi connectivity index (χ3v) is 5.72. The Labute approximate surface area is 184 Å². The van der Waals surface area contributed by atoms with E-state index in [0.717, 1.165) is 42.8 Å². The van der Waals surface area contributed by atoms with Gasteiger partial charge in [0.15, 0.2) is 0 Å². The molecule has 4 nitrogen and oxygen atoms in total. The number of benzene rings is 3. The zero-order valence-corrected chi connectivity index (χ0v) is 17.9. The molecule has 1 heterocycles. The molecule has 1 aliphatic heterocycles. The van der Waals surface area contributed by atoms with E-state index in [1.165, 1.54) is 5.56 Å². The van der Waals surface area contributed by atoms with Gasteiger partial charge in [-0.3, -0.25) is 4.79 Å². The van der Waals surface area contributed by atoms with Crippen LogP contribution >= 0.6 is 0 Å². The number of carbonyl (C=O) groups excluding carboxylic acids is 1. The minimum absolute atomic E-state index is 0.212. The zero-order chi connectivity index (χ0) is 21.3. The van der Waals surface area contributed by atoms with E-state index in [2.05, 4.69) is 41.7 Å². The molecule has 31 heavy (non-hydrogen) atoms. The van der Waals surface area contributed by atoms with Crippen molar-refractivity contribution in [1.29, 1.82) is 0 Å². The van der Waals surface area contributed by atoms with E-state index in [1.807, 2.05) is 53.4 Å². The monoisotopic (exact) mass is 414 g/mol. The Hall–Kier alpha value is -3.11. The molecule has 0 radical (unpaired) electrons. The zero-order valence-electron chi connectivity index (χ0n) is 17.9. The van der Waals surface area contributed by atoms with Gasteiger partial charge in [0.1, 0.15) is 12.4 Å². The largest absolute Gasteiger partial charge is 0.489 e. The Bertz CT molecular complexity index is 936. The average Bonchev–Trinajstić information content (AvgIpc) is 3.37. The molecule has 0 aromatic heterocycles. The van der Waals surface area contributed by atoms with Crippen LogP contribution in [-0.4, -0.2) is 29.9 Å². The average molecular weight is 415 g/mol. The second kappa shape index (κ2) is 10.8. The van der Waals surface area contributed by atoms with Crippen LogP contribution in [0.5, 0.6) is 5.75 Å². The highest BCUT2D eigenvalue weighted by atomic mass is 16.5. The topological polar surface area (TPSA) is 41.6 Å². The van der Waals surface area contributed by atoms with Crippen molar-refractivity contribution in [3.63, 3.8) is 0 Å². The fourth-order valence-corrected chi connectivity index (χ4v) is 3.94. The summed E-state index contributed by atoms with van der Waals surface area (Å²) >= 11 is 0. The summed E-state index contributed by atoms with van der Waals surface area (Å²) < 4.78 is 5.88. The molecule has 0 unspecified atom stereocenters. The Kier molecular flexibility index (Phi) is 7.35. The first-order valence-corrected chi connectivity index (χ1v) is 11.1. The van der Waals surface area contributed by atoms with Crippen molar-refractivity contribution >= 4 is 5.91 Å².